The molecular formula is C33H39N3O2. The number of rotatable bonds is 13. The molecule has 0 bridgehead atoms. The van der Waals surface area contributed by atoms with Crippen LogP contribution in [0.1, 0.15) is 50.7 Å². The van der Waals surface area contributed by atoms with Crippen molar-refractivity contribution in [3.05, 3.63) is 102 Å². The Kier molecular flexibility index (Phi) is 10.0. The first-order chi connectivity index (χ1) is 18.7. The molecule has 2 amide bonds. The summed E-state index contributed by atoms with van der Waals surface area (Å²) in [5, 5.41) is 4.32. The van der Waals surface area contributed by atoms with Crippen LogP contribution in [0.2, 0.25) is 0 Å². The fourth-order valence-electron chi connectivity index (χ4n) is 4.68. The average Bonchev–Trinajstić information content (AvgIpc) is 3.36. The van der Waals surface area contributed by atoms with E-state index in [-0.39, 0.29) is 6.03 Å². The highest BCUT2D eigenvalue weighted by Gasteiger charge is 2.17. The van der Waals surface area contributed by atoms with E-state index in [1.165, 1.54) is 34.9 Å². The van der Waals surface area contributed by atoms with Crippen LogP contribution in [0.15, 0.2) is 90.6 Å². The summed E-state index contributed by atoms with van der Waals surface area (Å²) in [6, 6.07) is 26.2. The highest BCUT2D eigenvalue weighted by Crippen LogP contribution is 2.21. The number of H-pyrrole nitrogens is 1. The number of benzene rings is 3. The van der Waals surface area contributed by atoms with E-state index in [0.717, 1.165) is 36.2 Å². The van der Waals surface area contributed by atoms with Crippen LogP contribution in [0.3, 0.4) is 0 Å². The SMILES string of the molecule is CCCCCC(=Cc1ccccc1)CN(CCc1c[nH]c2ccccc12)C(=O)Nc1ccc(OCC)cc1. The van der Waals surface area contributed by atoms with Gasteiger partial charge in [-0.15, -0.1) is 0 Å². The summed E-state index contributed by atoms with van der Waals surface area (Å²) in [7, 11) is 0. The minimum atomic E-state index is -0.0940. The lowest BCUT2D eigenvalue weighted by Gasteiger charge is -2.25. The molecule has 0 saturated carbocycles. The van der Waals surface area contributed by atoms with Crippen LogP contribution < -0.4 is 10.1 Å². The molecule has 198 valence electrons. The zero-order valence-electron chi connectivity index (χ0n) is 22.6. The Hall–Kier alpha value is -3.99. The maximum absolute atomic E-state index is 13.6. The van der Waals surface area contributed by atoms with Crippen molar-refractivity contribution in [2.45, 2.75) is 46.0 Å². The highest BCUT2D eigenvalue weighted by atomic mass is 16.5. The molecule has 0 aliphatic carbocycles. The summed E-state index contributed by atoms with van der Waals surface area (Å²) in [5.41, 5.74) is 5.54. The molecule has 0 saturated heterocycles. The average molecular weight is 510 g/mol. The first-order valence-electron chi connectivity index (χ1n) is 13.7. The van der Waals surface area contributed by atoms with Crippen molar-refractivity contribution in [3.63, 3.8) is 0 Å². The van der Waals surface area contributed by atoms with Gasteiger partial charge >= 0.3 is 6.03 Å². The predicted octanol–water partition coefficient (Wildman–Crippen LogP) is 8.31. The second kappa shape index (κ2) is 14.1. The molecule has 0 atom stereocenters. The Balaban J connectivity index is 1.55. The van der Waals surface area contributed by atoms with Crippen LogP contribution in [-0.4, -0.2) is 35.6 Å². The summed E-state index contributed by atoms with van der Waals surface area (Å²) >= 11 is 0. The molecule has 4 rings (SSSR count). The van der Waals surface area contributed by atoms with E-state index in [4.69, 9.17) is 4.74 Å². The summed E-state index contributed by atoms with van der Waals surface area (Å²) in [4.78, 5) is 18.9. The number of anilines is 1. The zero-order chi connectivity index (χ0) is 26.6. The van der Waals surface area contributed by atoms with E-state index in [1.54, 1.807) is 0 Å². The number of para-hydroxylation sites is 1. The Labute approximate surface area is 226 Å². The van der Waals surface area contributed by atoms with E-state index >= 15 is 0 Å². The third-order valence-electron chi connectivity index (χ3n) is 6.70. The molecule has 3 aromatic carbocycles. The van der Waals surface area contributed by atoms with Gasteiger partial charge in [0.05, 0.1) is 6.61 Å². The molecule has 0 fully saturated rings. The number of unbranched alkanes of at least 4 members (excludes halogenated alkanes) is 2. The predicted molar refractivity (Wildman–Crippen MR) is 159 cm³/mol. The molecule has 1 heterocycles. The van der Waals surface area contributed by atoms with Gasteiger partial charge in [0.25, 0.3) is 0 Å². The number of ether oxygens (including phenoxy) is 1. The van der Waals surface area contributed by atoms with Gasteiger partial charge in [-0.05, 0) is 67.6 Å². The Morgan fingerprint density at radius 1 is 0.947 bits per heavy atom. The van der Waals surface area contributed by atoms with Crippen molar-refractivity contribution in [1.82, 2.24) is 9.88 Å². The Bertz CT molecular complexity index is 1310. The number of fused-ring (bicyclic) bond motifs is 1. The van der Waals surface area contributed by atoms with Gasteiger partial charge in [-0.2, -0.15) is 0 Å². The first kappa shape index (κ1) is 27.1. The monoisotopic (exact) mass is 509 g/mol. The van der Waals surface area contributed by atoms with Crippen LogP contribution in [0.4, 0.5) is 10.5 Å². The van der Waals surface area contributed by atoms with Crippen molar-refractivity contribution in [2.24, 2.45) is 0 Å². The van der Waals surface area contributed by atoms with Gasteiger partial charge in [-0.3, -0.25) is 0 Å². The molecule has 5 heteroatoms. The largest absolute Gasteiger partial charge is 0.494 e. The fraction of sp³-hybridized carbons (Fsp3) is 0.303. The molecule has 1 aromatic heterocycles. The molecule has 2 N–H and O–H groups in total. The van der Waals surface area contributed by atoms with Crippen LogP contribution in [0.25, 0.3) is 17.0 Å². The molecule has 0 radical (unpaired) electrons. The maximum Gasteiger partial charge on any atom is 0.322 e. The number of aromatic amines is 1. The number of carbonyl (C=O) groups excluding carboxylic acids is 1. The third kappa shape index (κ3) is 7.75. The van der Waals surface area contributed by atoms with Crippen molar-refractivity contribution >= 4 is 28.7 Å². The topological polar surface area (TPSA) is 57.4 Å². The summed E-state index contributed by atoms with van der Waals surface area (Å²) < 4.78 is 5.55. The lowest BCUT2D eigenvalue weighted by Crippen LogP contribution is -2.38. The second-order valence-corrected chi connectivity index (χ2v) is 9.59. The molecular weight excluding hydrogens is 470 g/mol. The normalized spacial score (nSPS) is 11.5. The standard InChI is InChI=1S/C33H39N3O2/c1-3-5-7-14-27(23-26-12-8-6-9-13-26)25-36(22-21-28-24-34-32-16-11-10-15-31(28)32)33(37)35-29-17-19-30(20-18-29)38-4-2/h6,8-13,15-20,23-24,34H,3-5,7,14,21-22,25H2,1-2H3,(H,35,37). The lowest BCUT2D eigenvalue weighted by atomic mass is 10.0. The molecule has 5 nitrogen and oxygen atoms in total. The van der Waals surface area contributed by atoms with Crippen LogP contribution in [0.5, 0.6) is 5.75 Å². The summed E-state index contributed by atoms with van der Waals surface area (Å²) in [6.07, 6.45) is 9.53. The zero-order valence-corrected chi connectivity index (χ0v) is 22.6. The van der Waals surface area contributed by atoms with Gasteiger partial charge in [0.15, 0.2) is 0 Å². The van der Waals surface area contributed by atoms with Crippen molar-refractivity contribution < 1.29 is 9.53 Å². The van der Waals surface area contributed by atoms with Crippen molar-refractivity contribution in [1.29, 1.82) is 0 Å². The summed E-state index contributed by atoms with van der Waals surface area (Å²) in [5.74, 6) is 0.797. The number of nitrogens with one attached hydrogen (secondary N) is 2. The van der Waals surface area contributed by atoms with Gasteiger partial charge < -0.3 is 19.9 Å². The number of aromatic nitrogens is 1. The van der Waals surface area contributed by atoms with E-state index in [9.17, 15) is 4.79 Å². The quantitative estimate of drug-likeness (QED) is 0.178. The van der Waals surface area contributed by atoms with Gasteiger partial charge in [-0.25, -0.2) is 4.79 Å². The molecule has 0 spiro atoms. The molecule has 38 heavy (non-hydrogen) atoms. The van der Waals surface area contributed by atoms with Gasteiger partial charge in [0.1, 0.15) is 5.75 Å². The first-order valence-corrected chi connectivity index (χ1v) is 13.7. The van der Waals surface area contributed by atoms with Crippen LogP contribution >= 0.6 is 0 Å². The summed E-state index contributed by atoms with van der Waals surface area (Å²) in [6.45, 7) is 6.00. The Morgan fingerprint density at radius 3 is 2.47 bits per heavy atom. The maximum atomic E-state index is 13.6. The number of hydrogen-bond acceptors (Lipinski definition) is 2. The number of urea groups is 1. The second-order valence-electron chi connectivity index (χ2n) is 9.59. The number of nitrogens with zero attached hydrogens (tertiary/aromatic N) is 1. The number of carbonyl (C=O) groups is 1. The molecule has 0 aliphatic rings. The van der Waals surface area contributed by atoms with Crippen LogP contribution in [0, 0.1) is 0 Å². The number of hydrogen-bond donors (Lipinski definition) is 2. The minimum Gasteiger partial charge on any atom is -0.494 e. The molecule has 0 aliphatic heterocycles. The number of amides is 2. The fourth-order valence-corrected chi connectivity index (χ4v) is 4.68. The molecule has 4 aromatic rings. The lowest BCUT2D eigenvalue weighted by molar-refractivity contribution is 0.216. The van der Waals surface area contributed by atoms with Crippen molar-refractivity contribution in [2.75, 3.05) is 25.0 Å². The molecule has 0 unspecified atom stereocenters. The van der Waals surface area contributed by atoms with E-state index in [2.05, 4.69) is 72.0 Å². The van der Waals surface area contributed by atoms with Gasteiger partial charge in [0, 0.05) is 35.9 Å². The smallest absolute Gasteiger partial charge is 0.322 e. The van der Waals surface area contributed by atoms with Gasteiger partial charge in [0.2, 0.25) is 0 Å². The minimum absolute atomic E-state index is 0.0940. The highest BCUT2D eigenvalue weighted by molar-refractivity contribution is 5.90. The van der Waals surface area contributed by atoms with Crippen molar-refractivity contribution in [3.8, 4) is 5.75 Å². The van der Waals surface area contributed by atoms with Crippen LogP contribution in [-0.2, 0) is 6.42 Å². The van der Waals surface area contributed by atoms with E-state index in [0.29, 0.717) is 19.7 Å². The van der Waals surface area contributed by atoms with E-state index < -0.39 is 0 Å². The third-order valence-corrected chi connectivity index (χ3v) is 6.70. The van der Waals surface area contributed by atoms with E-state index in [1.807, 2.05) is 48.2 Å². The Morgan fingerprint density at radius 2 is 1.71 bits per heavy atom. The van der Waals surface area contributed by atoms with Gasteiger partial charge in [-0.1, -0.05) is 79.9 Å².